The molecule has 0 bridgehead atoms. The Bertz CT molecular complexity index is 395. The van der Waals surface area contributed by atoms with E-state index in [0.717, 1.165) is 28.9 Å². The number of hydrogen-bond acceptors (Lipinski definition) is 3. The van der Waals surface area contributed by atoms with E-state index >= 15 is 0 Å². The number of rotatable bonds is 4. The van der Waals surface area contributed by atoms with Crippen molar-refractivity contribution >= 4 is 15.9 Å². The normalized spacial score (nSPS) is 23.0. The lowest BCUT2D eigenvalue weighted by molar-refractivity contribution is 0.351. The first-order chi connectivity index (χ1) is 7.71. The standard InChI is InChI=1S/C12H16BrNO2/c1-15-11-5-8(13)4-10(12(11)16-2)9-3-7(9)6-14/h4-5,7,9H,3,6,14H2,1-2H3/t7-,9+/m0/s1. The summed E-state index contributed by atoms with van der Waals surface area (Å²) in [5, 5.41) is 0. The summed E-state index contributed by atoms with van der Waals surface area (Å²) in [6.45, 7) is 0.739. The molecular weight excluding hydrogens is 270 g/mol. The predicted octanol–water partition coefficient (Wildman–Crippen LogP) is 2.53. The molecule has 3 nitrogen and oxygen atoms in total. The third-order valence-electron chi connectivity index (χ3n) is 3.10. The largest absolute Gasteiger partial charge is 0.493 e. The topological polar surface area (TPSA) is 44.5 Å². The first-order valence-corrected chi connectivity index (χ1v) is 6.12. The predicted molar refractivity (Wildman–Crippen MR) is 67.1 cm³/mol. The van der Waals surface area contributed by atoms with Crippen LogP contribution in [0.1, 0.15) is 17.9 Å². The van der Waals surface area contributed by atoms with Crippen LogP contribution < -0.4 is 15.2 Å². The summed E-state index contributed by atoms with van der Waals surface area (Å²) in [6, 6.07) is 4.02. The SMILES string of the molecule is COc1cc(Br)cc([C@@H]2C[C@H]2CN)c1OC. The lowest BCUT2D eigenvalue weighted by atomic mass is 10.1. The fourth-order valence-electron chi connectivity index (χ4n) is 2.12. The molecule has 2 N–H and O–H groups in total. The van der Waals surface area contributed by atoms with Gasteiger partial charge in [-0.05, 0) is 36.9 Å². The van der Waals surface area contributed by atoms with Crippen molar-refractivity contribution in [2.45, 2.75) is 12.3 Å². The molecule has 1 aliphatic carbocycles. The van der Waals surface area contributed by atoms with Crippen molar-refractivity contribution in [3.05, 3.63) is 22.2 Å². The maximum Gasteiger partial charge on any atom is 0.164 e. The van der Waals surface area contributed by atoms with Crippen LogP contribution in [-0.4, -0.2) is 20.8 Å². The van der Waals surface area contributed by atoms with Gasteiger partial charge in [-0.1, -0.05) is 15.9 Å². The van der Waals surface area contributed by atoms with E-state index in [1.807, 2.05) is 6.07 Å². The molecule has 0 saturated heterocycles. The van der Waals surface area contributed by atoms with Crippen LogP contribution in [0.2, 0.25) is 0 Å². The Hall–Kier alpha value is -0.740. The molecular formula is C12H16BrNO2. The average Bonchev–Trinajstić information content (AvgIpc) is 3.06. The Morgan fingerprint density at radius 2 is 2.12 bits per heavy atom. The fraction of sp³-hybridized carbons (Fsp3) is 0.500. The maximum atomic E-state index is 5.68. The zero-order chi connectivity index (χ0) is 11.7. The van der Waals surface area contributed by atoms with E-state index in [1.165, 1.54) is 5.56 Å². The number of nitrogens with two attached hydrogens (primary N) is 1. The van der Waals surface area contributed by atoms with Crippen LogP contribution >= 0.6 is 15.9 Å². The minimum atomic E-state index is 0.520. The molecule has 88 valence electrons. The highest BCUT2D eigenvalue weighted by molar-refractivity contribution is 9.10. The molecule has 0 unspecified atom stereocenters. The van der Waals surface area contributed by atoms with Gasteiger partial charge in [0, 0.05) is 10.0 Å². The van der Waals surface area contributed by atoms with E-state index < -0.39 is 0 Å². The molecule has 1 aromatic carbocycles. The Balaban J connectivity index is 2.39. The van der Waals surface area contributed by atoms with E-state index in [0.29, 0.717) is 11.8 Å². The first-order valence-electron chi connectivity index (χ1n) is 5.32. The van der Waals surface area contributed by atoms with Crippen molar-refractivity contribution in [1.82, 2.24) is 0 Å². The highest BCUT2D eigenvalue weighted by atomic mass is 79.9. The summed E-state index contributed by atoms with van der Waals surface area (Å²) in [5.74, 6) is 2.72. The molecule has 1 saturated carbocycles. The summed E-state index contributed by atoms with van der Waals surface area (Å²) in [4.78, 5) is 0. The highest BCUT2D eigenvalue weighted by Gasteiger charge is 2.39. The molecule has 2 rings (SSSR count). The number of ether oxygens (including phenoxy) is 2. The smallest absolute Gasteiger partial charge is 0.164 e. The minimum absolute atomic E-state index is 0.520. The van der Waals surface area contributed by atoms with Gasteiger partial charge in [0.25, 0.3) is 0 Å². The Kier molecular flexibility index (Phi) is 3.40. The summed E-state index contributed by atoms with van der Waals surface area (Å²) < 4.78 is 11.8. The van der Waals surface area contributed by atoms with Crippen LogP contribution in [0.25, 0.3) is 0 Å². The molecule has 0 radical (unpaired) electrons. The molecule has 16 heavy (non-hydrogen) atoms. The highest BCUT2D eigenvalue weighted by Crippen LogP contribution is 2.52. The molecule has 1 aliphatic rings. The van der Waals surface area contributed by atoms with Crippen LogP contribution in [0.5, 0.6) is 11.5 Å². The van der Waals surface area contributed by atoms with Crippen LogP contribution in [0.4, 0.5) is 0 Å². The van der Waals surface area contributed by atoms with Gasteiger partial charge >= 0.3 is 0 Å². The zero-order valence-corrected chi connectivity index (χ0v) is 11.1. The van der Waals surface area contributed by atoms with Crippen molar-refractivity contribution in [1.29, 1.82) is 0 Å². The van der Waals surface area contributed by atoms with E-state index in [1.54, 1.807) is 14.2 Å². The third kappa shape index (κ3) is 2.04. The molecule has 1 aromatic rings. The molecule has 0 aliphatic heterocycles. The van der Waals surface area contributed by atoms with Crippen molar-refractivity contribution < 1.29 is 9.47 Å². The second-order valence-electron chi connectivity index (χ2n) is 4.07. The molecule has 0 amide bonds. The number of methoxy groups -OCH3 is 2. The van der Waals surface area contributed by atoms with Crippen molar-refractivity contribution in [3.63, 3.8) is 0 Å². The summed E-state index contributed by atoms with van der Waals surface area (Å²) in [7, 11) is 3.33. The van der Waals surface area contributed by atoms with Gasteiger partial charge in [0.1, 0.15) is 0 Å². The molecule has 0 aromatic heterocycles. The quantitative estimate of drug-likeness (QED) is 0.925. The van der Waals surface area contributed by atoms with Gasteiger partial charge in [-0.2, -0.15) is 0 Å². The second kappa shape index (κ2) is 4.63. The monoisotopic (exact) mass is 285 g/mol. The van der Waals surface area contributed by atoms with Crippen LogP contribution in [0, 0.1) is 5.92 Å². The molecule has 0 spiro atoms. The van der Waals surface area contributed by atoms with Gasteiger partial charge in [-0.25, -0.2) is 0 Å². The van der Waals surface area contributed by atoms with Crippen LogP contribution in [-0.2, 0) is 0 Å². The van der Waals surface area contributed by atoms with Crippen molar-refractivity contribution in [3.8, 4) is 11.5 Å². The van der Waals surface area contributed by atoms with E-state index in [9.17, 15) is 0 Å². The Morgan fingerprint density at radius 3 is 2.62 bits per heavy atom. The average molecular weight is 286 g/mol. The number of halogens is 1. The van der Waals surface area contributed by atoms with Gasteiger partial charge < -0.3 is 15.2 Å². The molecule has 4 heteroatoms. The fourth-order valence-corrected chi connectivity index (χ4v) is 2.58. The van der Waals surface area contributed by atoms with Gasteiger partial charge in [0.2, 0.25) is 0 Å². The van der Waals surface area contributed by atoms with E-state index in [-0.39, 0.29) is 0 Å². The Labute approximate surface area is 104 Å². The van der Waals surface area contributed by atoms with Gasteiger partial charge in [0.05, 0.1) is 14.2 Å². The van der Waals surface area contributed by atoms with E-state index in [2.05, 4.69) is 22.0 Å². The maximum absolute atomic E-state index is 5.68. The van der Waals surface area contributed by atoms with Crippen molar-refractivity contribution in [2.24, 2.45) is 11.7 Å². The van der Waals surface area contributed by atoms with Crippen molar-refractivity contribution in [2.75, 3.05) is 20.8 Å². The first kappa shape index (κ1) is 11.7. The zero-order valence-electron chi connectivity index (χ0n) is 9.50. The van der Waals surface area contributed by atoms with Crippen LogP contribution in [0.15, 0.2) is 16.6 Å². The number of hydrogen-bond donors (Lipinski definition) is 1. The van der Waals surface area contributed by atoms with E-state index in [4.69, 9.17) is 15.2 Å². The molecule has 1 fully saturated rings. The molecule has 2 atom stereocenters. The number of benzene rings is 1. The van der Waals surface area contributed by atoms with Gasteiger partial charge in [0.15, 0.2) is 11.5 Å². The summed E-state index contributed by atoms with van der Waals surface area (Å²) in [5.41, 5.74) is 6.88. The van der Waals surface area contributed by atoms with Crippen LogP contribution in [0.3, 0.4) is 0 Å². The summed E-state index contributed by atoms with van der Waals surface area (Å²) in [6.07, 6.45) is 1.15. The lowest BCUT2D eigenvalue weighted by Crippen LogP contribution is -2.03. The van der Waals surface area contributed by atoms with Gasteiger partial charge in [-0.15, -0.1) is 0 Å². The third-order valence-corrected chi connectivity index (χ3v) is 3.56. The lowest BCUT2D eigenvalue weighted by Gasteiger charge is -2.13. The van der Waals surface area contributed by atoms with Gasteiger partial charge in [-0.3, -0.25) is 0 Å². The minimum Gasteiger partial charge on any atom is -0.493 e. The Morgan fingerprint density at radius 1 is 1.38 bits per heavy atom. The molecule has 0 heterocycles. The summed E-state index contributed by atoms with van der Waals surface area (Å²) >= 11 is 3.49. The second-order valence-corrected chi connectivity index (χ2v) is 4.98.